The van der Waals surface area contributed by atoms with Crippen molar-refractivity contribution in [1.29, 1.82) is 0 Å². The Morgan fingerprint density at radius 1 is 1.02 bits per heavy atom. The van der Waals surface area contributed by atoms with Crippen LogP contribution in [0.5, 0.6) is 0 Å². The van der Waals surface area contributed by atoms with Gasteiger partial charge in [0, 0.05) is 18.0 Å². The summed E-state index contributed by atoms with van der Waals surface area (Å²) in [5.74, 6) is -1.36. The van der Waals surface area contributed by atoms with E-state index in [1.54, 1.807) is 30.3 Å². The number of carboxylic acid groups (broad SMARTS) is 1. The molecular weight excluding hydrogens is 562 g/mol. The number of hydrogen-bond acceptors (Lipinski definition) is 7. The molecule has 1 N–H and O–H groups in total. The first-order valence-corrected chi connectivity index (χ1v) is 14.5. The molecule has 1 aromatic heterocycles. The normalized spacial score (nSPS) is 11.9. The topological polar surface area (TPSA) is 91.4 Å². The van der Waals surface area contributed by atoms with Gasteiger partial charge in [-0.1, -0.05) is 94.4 Å². The number of nitrogens with zero attached hydrogens (tertiary/aromatic N) is 1. The molecule has 0 radical (unpaired) electrons. The summed E-state index contributed by atoms with van der Waals surface area (Å²) in [6.07, 6.45) is 1.19. The summed E-state index contributed by atoms with van der Waals surface area (Å²) in [5, 5.41) is 14.5. The monoisotopic (exact) mass is 600 g/mol. The van der Waals surface area contributed by atoms with Crippen LogP contribution in [0.15, 0.2) is 72.8 Å². The van der Waals surface area contributed by atoms with E-state index in [2.05, 4.69) is 14.4 Å². The van der Waals surface area contributed by atoms with Gasteiger partial charge in [-0.2, -0.15) is 4.37 Å². The van der Waals surface area contributed by atoms with E-state index in [-0.39, 0.29) is 35.4 Å². The third kappa shape index (κ3) is 9.23. The quantitative estimate of drug-likeness (QED) is 0.241. The predicted octanol–water partition coefficient (Wildman–Crippen LogP) is 4.16. The maximum atomic E-state index is 14.8. The van der Waals surface area contributed by atoms with Crippen molar-refractivity contribution >= 4 is 29.7 Å². The number of halogens is 1. The summed E-state index contributed by atoms with van der Waals surface area (Å²) in [6, 6.07) is 21.8. The SMILES string of the molecule is CC.CC.CNc1c(C)nsc1-c1ccc(-c2ccc(C3(C(=O)[O-])CC3)cc2)c(F)c1.O=COCc1ccccc1.[Na+]. The number of hydrogen-bond donors (Lipinski definition) is 1. The minimum atomic E-state index is -1.04. The molecule has 0 unspecified atom stereocenters. The Kier molecular flexibility index (Phi) is 16.3. The first-order valence-electron chi connectivity index (χ1n) is 13.7. The van der Waals surface area contributed by atoms with E-state index in [4.69, 9.17) is 0 Å². The average molecular weight is 601 g/mol. The zero-order valence-corrected chi connectivity index (χ0v) is 28.3. The van der Waals surface area contributed by atoms with Crippen LogP contribution in [0.2, 0.25) is 0 Å². The first-order chi connectivity index (χ1) is 19.9. The van der Waals surface area contributed by atoms with Crippen molar-refractivity contribution in [2.45, 2.75) is 59.5 Å². The Morgan fingerprint density at radius 3 is 2.12 bits per heavy atom. The summed E-state index contributed by atoms with van der Waals surface area (Å²) >= 11 is 1.34. The van der Waals surface area contributed by atoms with E-state index in [9.17, 15) is 19.1 Å². The molecule has 0 saturated heterocycles. The molecule has 0 aliphatic heterocycles. The van der Waals surface area contributed by atoms with Crippen molar-refractivity contribution in [3.05, 3.63) is 95.4 Å². The number of ether oxygens (including phenoxy) is 1. The van der Waals surface area contributed by atoms with Gasteiger partial charge < -0.3 is 20.0 Å². The Balaban J connectivity index is 0.000000496. The van der Waals surface area contributed by atoms with Crippen molar-refractivity contribution in [3.8, 4) is 21.6 Å². The van der Waals surface area contributed by atoms with Gasteiger partial charge in [0.1, 0.15) is 12.4 Å². The van der Waals surface area contributed by atoms with Gasteiger partial charge in [0.15, 0.2) is 0 Å². The second-order valence-electron chi connectivity index (χ2n) is 8.76. The number of rotatable bonds is 8. The molecule has 1 aliphatic rings. The Labute approximate surface area is 274 Å². The van der Waals surface area contributed by atoms with E-state index in [0.717, 1.165) is 32.9 Å². The molecule has 1 saturated carbocycles. The molecule has 0 atom stereocenters. The van der Waals surface area contributed by atoms with E-state index >= 15 is 0 Å². The first kappa shape index (κ1) is 37.0. The third-order valence-corrected chi connectivity index (χ3v) is 7.38. The number of carbonyl (C=O) groups is 2. The fourth-order valence-corrected chi connectivity index (χ4v) is 5.05. The molecule has 1 heterocycles. The molecule has 5 rings (SSSR count). The van der Waals surface area contributed by atoms with Crippen molar-refractivity contribution in [2.24, 2.45) is 0 Å². The fourth-order valence-electron chi connectivity index (χ4n) is 4.16. The van der Waals surface area contributed by atoms with Gasteiger partial charge in [-0.15, -0.1) is 0 Å². The summed E-state index contributed by atoms with van der Waals surface area (Å²) in [6.45, 7) is 10.7. The molecule has 4 aromatic rings. The predicted molar refractivity (Wildman–Crippen MR) is 163 cm³/mol. The third-order valence-electron chi connectivity index (χ3n) is 6.39. The number of carbonyl (C=O) groups excluding carboxylic acids is 2. The summed E-state index contributed by atoms with van der Waals surface area (Å²) in [5.41, 5.74) is 4.65. The second-order valence-corrected chi connectivity index (χ2v) is 9.53. The maximum Gasteiger partial charge on any atom is 1.00 e. The van der Waals surface area contributed by atoms with Crippen molar-refractivity contribution in [2.75, 3.05) is 12.4 Å². The smallest absolute Gasteiger partial charge is 0.549 e. The second kappa shape index (κ2) is 18.5. The van der Waals surface area contributed by atoms with Gasteiger partial charge in [-0.25, -0.2) is 4.39 Å². The fraction of sp³-hybridized carbons (Fsp3) is 0.303. The van der Waals surface area contributed by atoms with Crippen LogP contribution in [0.1, 0.15) is 57.4 Å². The molecule has 6 nitrogen and oxygen atoms in total. The van der Waals surface area contributed by atoms with Crippen LogP contribution in [-0.2, 0) is 26.3 Å². The van der Waals surface area contributed by atoms with Crippen LogP contribution in [0, 0.1) is 12.7 Å². The van der Waals surface area contributed by atoms with Gasteiger partial charge in [-0.3, -0.25) is 4.79 Å². The molecule has 218 valence electrons. The molecule has 3 aromatic carbocycles. The number of carboxylic acids is 1. The molecule has 0 bridgehead atoms. The van der Waals surface area contributed by atoms with Crippen LogP contribution in [0.4, 0.5) is 10.1 Å². The van der Waals surface area contributed by atoms with Crippen LogP contribution >= 0.6 is 11.5 Å². The van der Waals surface area contributed by atoms with Gasteiger partial charge in [-0.05, 0) is 59.6 Å². The standard InChI is InChI=1S/C21H19FN2O2S.C8H8O2.2C2H6.Na/c1-12-18(23-2)19(27-24-12)14-5-8-16(17(22)11-14)13-3-6-15(7-4-13)21(9-10-21)20(25)26;9-7-10-6-8-4-2-1-3-5-8;2*1-2;/h3-8,11,23H,9-10H2,1-2H3,(H,25,26);1-5,7H,6H2;2*1-2H3;/q;;;;+1/p-1. The minimum Gasteiger partial charge on any atom is -0.549 e. The van der Waals surface area contributed by atoms with Gasteiger partial charge in [0.25, 0.3) is 6.47 Å². The Hall–Kier alpha value is -3.04. The summed E-state index contributed by atoms with van der Waals surface area (Å²) in [4.78, 5) is 22.0. The van der Waals surface area contributed by atoms with Gasteiger partial charge in [0.05, 0.1) is 22.2 Å². The minimum absolute atomic E-state index is 0. The molecular formula is C33H38FN2NaO4S. The van der Waals surface area contributed by atoms with Gasteiger partial charge in [0.2, 0.25) is 0 Å². The Morgan fingerprint density at radius 2 is 1.62 bits per heavy atom. The zero-order chi connectivity index (χ0) is 30.4. The number of aromatic nitrogens is 1. The summed E-state index contributed by atoms with van der Waals surface area (Å²) < 4.78 is 23.7. The zero-order valence-electron chi connectivity index (χ0n) is 25.5. The van der Waals surface area contributed by atoms with E-state index < -0.39 is 11.4 Å². The van der Waals surface area contributed by atoms with Crippen molar-refractivity contribution < 1.29 is 53.4 Å². The Bertz CT molecular complexity index is 1390. The molecule has 0 spiro atoms. The number of nitrogens with one attached hydrogen (secondary N) is 1. The molecule has 0 amide bonds. The van der Waals surface area contributed by atoms with E-state index in [1.807, 2.05) is 78.1 Å². The largest absolute Gasteiger partial charge is 1.00 e. The number of benzene rings is 3. The molecule has 1 aliphatic carbocycles. The van der Waals surface area contributed by atoms with Crippen molar-refractivity contribution in [1.82, 2.24) is 4.37 Å². The van der Waals surface area contributed by atoms with Crippen LogP contribution in [-0.4, -0.2) is 23.9 Å². The van der Waals surface area contributed by atoms with Crippen LogP contribution < -0.4 is 40.0 Å². The average Bonchev–Trinajstić information content (AvgIpc) is 3.76. The molecule has 42 heavy (non-hydrogen) atoms. The van der Waals surface area contributed by atoms with Crippen LogP contribution in [0.3, 0.4) is 0 Å². The number of aliphatic carboxylic acids is 1. The number of anilines is 1. The molecule has 9 heteroatoms. The van der Waals surface area contributed by atoms with Crippen LogP contribution in [0.25, 0.3) is 21.6 Å². The summed E-state index contributed by atoms with van der Waals surface area (Å²) in [7, 11) is 1.83. The van der Waals surface area contributed by atoms with Crippen molar-refractivity contribution in [3.63, 3.8) is 0 Å². The van der Waals surface area contributed by atoms with Gasteiger partial charge >= 0.3 is 29.6 Å². The van der Waals surface area contributed by atoms with E-state index in [0.29, 0.717) is 37.0 Å². The maximum absolute atomic E-state index is 14.8. The number of aryl methyl sites for hydroxylation is 1. The molecule has 1 fully saturated rings. The van der Waals surface area contributed by atoms with E-state index in [1.165, 1.54) is 17.6 Å².